The van der Waals surface area contributed by atoms with Crippen LogP contribution in [0.4, 0.5) is 0 Å². The summed E-state index contributed by atoms with van der Waals surface area (Å²) in [4.78, 5) is 2.82. The Morgan fingerprint density at radius 2 is 1.90 bits per heavy atom. The zero-order valence-corrected chi connectivity index (χ0v) is 13.8. The number of hydrogen-bond donors (Lipinski definition) is 1. The van der Waals surface area contributed by atoms with Gasteiger partial charge in [0.1, 0.15) is 0 Å². The van der Waals surface area contributed by atoms with Gasteiger partial charge < -0.3 is 5.32 Å². The summed E-state index contributed by atoms with van der Waals surface area (Å²) in [7, 11) is 0. The predicted molar refractivity (Wildman–Crippen MR) is 89.6 cm³/mol. The van der Waals surface area contributed by atoms with E-state index < -0.39 is 0 Å². The second-order valence-corrected chi connectivity index (χ2v) is 7.09. The maximum absolute atomic E-state index is 3.70. The van der Waals surface area contributed by atoms with Gasteiger partial charge in [-0.25, -0.2) is 0 Å². The molecule has 0 fully saturated rings. The molecule has 1 nitrogen and oxygen atoms in total. The van der Waals surface area contributed by atoms with Crippen molar-refractivity contribution in [1.29, 1.82) is 0 Å². The summed E-state index contributed by atoms with van der Waals surface area (Å²) in [6, 6.07) is 14.3. The fourth-order valence-electron chi connectivity index (χ4n) is 2.53. The third kappa shape index (κ3) is 4.46. The Morgan fingerprint density at radius 1 is 1.10 bits per heavy atom. The molecule has 1 aromatic carbocycles. The third-order valence-electron chi connectivity index (χ3n) is 3.67. The van der Waals surface area contributed by atoms with Crippen LogP contribution in [-0.4, -0.2) is 6.04 Å². The third-order valence-corrected chi connectivity index (χ3v) is 4.85. The molecule has 0 aliphatic carbocycles. The van der Waals surface area contributed by atoms with Crippen LogP contribution in [0.25, 0.3) is 0 Å². The topological polar surface area (TPSA) is 12.0 Å². The van der Waals surface area contributed by atoms with Crippen LogP contribution in [-0.2, 0) is 6.42 Å². The van der Waals surface area contributed by atoms with E-state index in [0.29, 0.717) is 12.1 Å². The zero-order chi connectivity index (χ0) is 14.5. The van der Waals surface area contributed by atoms with Gasteiger partial charge in [0.25, 0.3) is 0 Å². The average molecular weight is 287 g/mol. The lowest BCUT2D eigenvalue weighted by molar-refractivity contribution is 0.460. The van der Waals surface area contributed by atoms with Crippen molar-refractivity contribution >= 4 is 11.3 Å². The second kappa shape index (κ2) is 7.05. The highest BCUT2D eigenvalue weighted by atomic mass is 32.1. The summed E-state index contributed by atoms with van der Waals surface area (Å²) in [5.74, 6) is 0. The molecule has 108 valence electrons. The largest absolute Gasteiger partial charge is 0.307 e. The van der Waals surface area contributed by atoms with E-state index in [9.17, 15) is 0 Å². The number of hydrogen-bond acceptors (Lipinski definition) is 2. The molecule has 2 atom stereocenters. The van der Waals surface area contributed by atoms with E-state index in [1.54, 1.807) is 0 Å². The summed E-state index contributed by atoms with van der Waals surface area (Å²) in [5, 5.41) is 3.70. The molecule has 2 unspecified atom stereocenters. The maximum atomic E-state index is 3.70. The standard InChI is InChI=1S/C18H25NS/c1-13-6-5-7-17(12-13)10-8-14(2)19-16(4)18-11-9-15(3)20-18/h5-7,9,11-12,14,16,19H,8,10H2,1-4H3. The molecule has 1 aromatic heterocycles. The first-order valence-corrected chi connectivity index (χ1v) is 8.24. The molecule has 0 bridgehead atoms. The molecule has 1 heterocycles. The normalized spacial score (nSPS) is 14.2. The fourth-order valence-corrected chi connectivity index (χ4v) is 3.42. The van der Waals surface area contributed by atoms with Gasteiger partial charge in [0.15, 0.2) is 0 Å². The van der Waals surface area contributed by atoms with E-state index in [1.165, 1.54) is 27.3 Å². The van der Waals surface area contributed by atoms with E-state index in [4.69, 9.17) is 0 Å². The molecule has 0 radical (unpaired) electrons. The summed E-state index contributed by atoms with van der Waals surface area (Å²) in [6.45, 7) is 8.87. The van der Waals surface area contributed by atoms with Gasteiger partial charge in [-0.1, -0.05) is 29.8 Å². The second-order valence-electron chi connectivity index (χ2n) is 5.77. The lowest BCUT2D eigenvalue weighted by Crippen LogP contribution is -2.28. The zero-order valence-electron chi connectivity index (χ0n) is 12.9. The van der Waals surface area contributed by atoms with E-state index in [1.807, 2.05) is 11.3 Å². The van der Waals surface area contributed by atoms with Crippen LogP contribution in [0.15, 0.2) is 36.4 Å². The minimum atomic E-state index is 0.446. The average Bonchev–Trinajstić information content (AvgIpc) is 2.83. The smallest absolute Gasteiger partial charge is 0.0388 e. The molecule has 0 saturated carbocycles. The predicted octanol–water partition coefficient (Wildman–Crippen LogP) is 5.04. The molecule has 0 saturated heterocycles. The van der Waals surface area contributed by atoms with Gasteiger partial charge in [0.05, 0.1) is 0 Å². The summed E-state index contributed by atoms with van der Waals surface area (Å²) >= 11 is 1.89. The van der Waals surface area contributed by atoms with Crippen molar-refractivity contribution in [2.24, 2.45) is 0 Å². The van der Waals surface area contributed by atoms with Crippen molar-refractivity contribution in [3.63, 3.8) is 0 Å². The Balaban J connectivity index is 1.82. The number of nitrogens with one attached hydrogen (secondary N) is 1. The first-order valence-electron chi connectivity index (χ1n) is 7.42. The molecule has 0 amide bonds. The monoisotopic (exact) mass is 287 g/mol. The van der Waals surface area contributed by atoms with E-state index in [0.717, 1.165) is 6.42 Å². The van der Waals surface area contributed by atoms with Crippen molar-refractivity contribution in [3.8, 4) is 0 Å². The van der Waals surface area contributed by atoms with Crippen LogP contribution < -0.4 is 5.32 Å². The Kier molecular flexibility index (Phi) is 5.38. The van der Waals surface area contributed by atoms with Crippen LogP contribution >= 0.6 is 11.3 Å². The first-order chi connectivity index (χ1) is 9.54. The van der Waals surface area contributed by atoms with Crippen LogP contribution in [0.2, 0.25) is 0 Å². The fraction of sp³-hybridized carbons (Fsp3) is 0.444. The lowest BCUT2D eigenvalue weighted by atomic mass is 10.0. The van der Waals surface area contributed by atoms with Crippen LogP contribution in [0.1, 0.15) is 47.2 Å². The van der Waals surface area contributed by atoms with Crippen LogP contribution in [0.3, 0.4) is 0 Å². The molecule has 2 aromatic rings. The van der Waals surface area contributed by atoms with Crippen LogP contribution in [0.5, 0.6) is 0 Å². The first kappa shape index (κ1) is 15.3. The van der Waals surface area contributed by atoms with Gasteiger partial charge in [0, 0.05) is 21.8 Å². The minimum Gasteiger partial charge on any atom is -0.307 e. The molecule has 20 heavy (non-hydrogen) atoms. The van der Waals surface area contributed by atoms with Gasteiger partial charge in [-0.3, -0.25) is 0 Å². The van der Waals surface area contributed by atoms with E-state index in [-0.39, 0.29) is 0 Å². The van der Waals surface area contributed by atoms with Gasteiger partial charge in [0.2, 0.25) is 0 Å². The summed E-state index contributed by atoms with van der Waals surface area (Å²) in [6.07, 6.45) is 2.32. The van der Waals surface area contributed by atoms with Gasteiger partial charge in [-0.05, 0) is 58.2 Å². The Morgan fingerprint density at radius 3 is 2.55 bits per heavy atom. The van der Waals surface area contributed by atoms with Gasteiger partial charge in [-0.2, -0.15) is 0 Å². The quantitative estimate of drug-likeness (QED) is 0.785. The molecule has 0 spiro atoms. The van der Waals surface area contributed by atoms with E-state index in [2.05, 4.69) is 69.4 Å². The molecular formula is C18H25NS. The molecule has 0 aliphatic heterocycles. The molecular weight excluding hydrogens is 262 g/mol. The highest BCUT2D eigenvalue weighted by Gasteiger charge is 2.11. The maximum Gasteiger partial charge on any atom is 0.0388 e. The Hall–Kier alpha value is -1.12. The Labute approximate surface area is 127 Å². The highest BCUT2D eigenvalue weighted by Crippen LogP contribution is 2.23. The lowest BCUT2D eigenvalue weighted by Gasteiger charge is -2.19. The number of rotatable bonds is 6. The minimum absolute atomic E-state index is 0.446. The van der Waals surface area contributed by atoms with Crippen molar-refractivity contribution < 1.29 is 0 Å². The van der Waals surface area contributed by atoms with Gasteiger partial charge >= 0.3 is 0 Å². The molecule has 1 N–H and O–H groups in total. The highest BCUT2D eigenvalue weighted by molar-refractivity contribution is 7.12. The van der Waals surface area contributed by atoms with Crippen molar-refractivity contribution in [2.45, 2.75) is 52.6 Å². The van der Waals surface area contributed by atoms with Gasteiger partial charge in [-0.15, -0.1) is 11.3 Å². The van der Waals surface area contributed by atoms with Crippen LogP contribution in [0, 0.1) is 13.8 Å². The molecule has 2 rings (SSSR count). The van der Waals surface area contributed by atoms with Crippen molar-refractivity contribution in [2.75, 3.05) is 0 Å². The molecule has 2 heteroatoms. The number of benzene rings is 1. The molecule has 0 aliphatic rings. The summed E-state index contributed by atoms with van der Waals surface area (Å²) < 4.78 is 0. The van der Waals surface area contributed by atoms with Crippen molar-refractivity contribution in [3.05, 3.63) is 57.3 Å². The Bertz CT molecular complexity index is 544. The van der Waals surface area contributed by atoms with Crippen molar-refractivity contribution in [1.82, 2.24) is 5.32 Å². The van der Waals surface area contributed by atoms with E-state index >= 15 is 0 Å². The number of aryl methyl sites for hydroxylation is 3. The SMILES string of the molecule is Cc1cccc(CCC(C)NC(C)c2ccc(C)s2)c1. The summed E-state index contributed by atoms with van der Waals surface area (Å²) in [5.41, 5.74) is 2.80. The number of thiophene rings is 1.